The average molecular weight is 454 g/mol. The number of aromatic nitrogens is 3. The Morgan fingerprint density at radius 2 is 1.70 bits per heavy atom. The fourth-order valence-electron chi connectivity index (χ4n) is 3.58. The van der Waals surface area contributed by atoms with Crippen molar-refractivity contribution >= 4 is 50.7 Å². The number of ether oxygens (including phenoxy) is 1. The van der Waals surface area contributed by atoms with Crippen LogP contribution in [0.3, 0.4) is 0 Å². The highest BCUT2D eigenvalue weighted by Crippen LogP contribution is 2.23. The zero-order chi connectivity index (χ0) is 22.8. The molecule has 1 amide bonds. The van der Waals surface area contributed by atoms with Gasteiger partial charge in [0.2, 0.25) is 0 Å². The number of fused-ring (bicyclic) bond motifs is 2. The van der Waals surface area contributed by atoms with Crippen LogP contribution < -0.4 is 15.4 Å². The number of carbonyl (C=O) groups is 1. The summed E-state index contributed by atoms with van der Waals surface area (Å²) in [6, 6.07) is 26.6. The highest BCUT2D eigenvalue weighted by Gasteiger charge is 2.11. The molecular formula is C25H19N5O2S. The minimum Gasteiger partial charge on any atom is -0.497 e. The molecule has 8 heteroatoms. The number of hydrogen-bond donors (Lipinski definition) is 2. The minimum absolute atomic E-state index is 0.184. The van der Waals surface area contributed by atoms with Gasteiger partial charge in [0.1, 0.15) is 16.8 Å². The molecule has 0 fully saturated rings. The molecule has 2 N–H and O–H groups in total. The maximum Gasteiger partial charge on any atom is 0.257 e. The lowest BCUT2D eigenvalue weighted by Crippen LogP contribution is -2.34. The first-order valence-electron chi connectivity index (χ1n) is 10.2. The van der Waals surface area contributed by atoms with Crippen molar-refractivity contribution < 1.29 is 9.53 Å². The third kappa shape index (κ3) is 4.24. The molecule has 5 rings (SSSR count). The smallest absolute Gasteiger partial charge is 0.257 e. The van der Waals surface area contributed by atoms with Gasteiger partial charge in [-0.25, -0.2) is 0 Å². The molecule has 0 aliphatic heterocycles. The van der Waals surface area contributed by atoms with Crippen molar-refractivity contribution in [1.82, 2.24) is 20.3 Å². The molecule has 0 aliphatic rings. The highest BCUT2D eigenvalue weighted by atomic mass is 32.1. The number of rotatable bonds is 4. The lowest BCUT2D eigenvalue weighted by molar-refractivity contribution is 0.0977. The van der Waals surface area contributed by atoms with Gasteiger partial charge in [0.25, 0.3) is 5.91 Å². The number of nitrogens with one attached hydrogen (secondary N) is 2. The van der Waals surface area contributed by atoms with Gasteiger partial charge in [0.05, 0.1) is 12.8 Å². The zero-order valence-corrected chi connectivity index (χ0v) is 18.5. The van der Waals surface area contributed by atoms with Crippen molar-refractivity contribution in [3.8, 4) is 11.4 Å². The number of benzene rings is 4. The first-order chi connectivity index (χ1) is 16.1. The van der Waals surface area contributed by atoms with E-state index in [9.17, 15) is 4.79 Å². The van der Waals surface area contributed by atoms with Crippen LogP contribution in [0.2, 0.25) is 0 Å². The fraction of sp³-hybridized carbons (Fsp3) is 0.0400. The Labute approximate surface area is 195 Å². The van der Waals surface area contributed by atoms with E-state index in [1.54, 1.807) is 36.2 Å². The first kappa shape index (κ1) is 20.6. The molecule has 162 valence electrons. The predicted molar refractivity (Wildman–Crippen MR) is 133 cm³/mol. The molecule has 0 saturated carbocycles. The Bertz CT molecular complexity index is 1510. The van der Waals surface area contributed by atoms with E-state index >= 15 is 0 Å². The van der Waals surface area contributed by atoms with E-state index in [4.69, 9.17) is 17.0 Å². The summed E-state index contributed by atoms with van der Waals surface area (Å²) in [6.07, 6.45) is 0. The van der Waals surface area contributed by atoms with Gasteiger partial charge in [-0.15, -0.1) is 15.0 Å². The number of methoxy groups -OCH3 is 1. The van der Waals surface area contributed by atoms with Crippen LogP contribution in [0.1, 0.15) is 10.4 Å². The van der Waals surface area contributed by atoms with Gasteiger partial charge in [-0.3, -0.25) is 10.1 Å². The maximum absolute atomic E-state index is 12.5. The van der Waals surface area contributed by atoms with Gasteiger partial charge in [0.15, 0.2) is 5.11 Å². The number of amides is 1. The van der Waals surface area contributed by atoms with Crippen LogP contribution >= 0.6 is 12.2 Å². The van der Waals surface area contributed by atoms with Crippen molar-refractivity contribution in [2.45, 2.75) is 0 Å². The van der Waals surface area contributed by atoms with Crippen molar-refractivity contribution in [3.63, 3.8) is 0 Å². The molecule has 0 radical (unpaired) electrons. The van der Waals surface area contributed by atoms with Crippen molar-refractivity contribution in [1.29, 1.82) is 0 Å². The maximum atomic E-state index is 12.5. The summed E-state index contributed by atoms with van der Waals surface area (Å²) in [4.78, 5) is 14.1. The SMILES string of the molecule is COc1cccc(C(=O)NC(=S)Nc2ccc3nn(-c4cccc5ccccc45)nc3c2)c1. The van der Waals surface area contributed by atoms with E-state index in [1.165, 1.54) is 0 Å². The number of nitrogens with zero attached hydrogens (tertiary/aromatic N) is 3. The van der Waals surface area contributed by atoms with E-state index < -0.39 is 0 Å². The van der Waals surface area contributed by atoms with E-state index in [0.29, 0.717) is 22.5 Å². The third-order valence-electron chi connectivity index (χ3n) is 5.18. The van der Waals surface area contributed by atoms with E-state index in [2.05, 4.69) is 39.0 Å². The van der Waals surface area contributed by atoms with Gasteiger partial charge in [-0.1, -0.05) is 42.5 Å². The molecule has 0 spiro atoms. The average Bonchev–Trinajstić information content (AvgIpc) is 3.27. The van der Waals surface area contributed by atoms with Crippen molar-refractivity contribution in [2.75, 3.05) is 12.4 Å². The summed E-state index contributed by atoms with van der Waals surface area (Å²) in [6.45, 7) is 0. The quantitative estimate of drug-likeness (QED) is 0.384. The third-order valence-corrected chi connectivity index (χ3v) is 5.38. The molecule has 1 aromatic heterocycles. The van der Waals surface area contributed by atoms with E-state index in [0.717, 1.165) is 22.0 Å². The number of thiocarbonyl (C=S) groups is 1. The van der Waals surface area contributed by atoms with Gasteiger partial charge in [-0.05, 0) is 60.1 Å². The molecule has 0 atom stereocenters. The molecule has 0 aliphatic carbocycles. The van der Waals surface area contributed by atoms with Crippen LogP contribution in [0, 0.1) is 0 Å². The summed E-state index contributed by atoms with van der Waals surface area (Å²) in [5.74, 6) is 0.274. The molecule has 0 unspecified atom stereocenters. The second-order valence-corrected chi connectivity index (χ2v) is 7.74. The second-order valence-electron chi connectivity index (χ2n) is 7.33. The Morgan fingerprint density at radius 3 is 2.58 bits per heavy atom. The molecule has 0 bridgehead atoms. The van der Waals surface area contributed by atoms with Crippen LogP contribution in [0.5, 0.6) is 5.75 Å². The topological polar surface area (TPSA) is 81.1 Å². The van der Waals surface area contributed by atoms with E-state index in [1.807, 2.05) is 42.5 Å². The van der Waals surface area contributed by atoms with Crippen LogP contribution in [0.25, 0.3) is 27.5 Å². The van der Waals surface area contributed by atoms with Gasteiger partial charge in [0, 0.05) is 16.6 Å². The normalized spacial score (nSPS) is 10.8. The summed E-state index contributed by atoms with van der Waals surface area (Å²) in [5, 5.41) is 17.4. The monoisotopic (exact) mass is 453 g/mol. The standard InChI is InChI=1S/C25H19N5O2S/c1-32-19-9-4-8-17(14-19)24(31)27-25(33)26-18-12-13-21-22(15-18)29-30(28-21)23-11-5-7-16-6-2-3-10-20(16)23/h2-15H,1H3,(H2,26,27,31,33). The molecule has 5 aromatic rings. The number of carbonyl (C=O) groups excluding carboxylic acids is 1. The lowest BCUT2D eigenvalue weighted by Gasteiger charge is -2.10. The summed E-state index contributed by atoms with van der Waals surface area (Å²) >= 11 is 5.32. The van der Waals surface area contributed by atoms with Crippen LogP contribution in [-0.2, 0) is 0 Å². The Morgan fingerprint density at radius 1 is 0.909 bits per heavy atom. The van der Waals surface area contributed by atoms with E-state index in [-0.39, 0.29) is 11.0 Å². The fourth-order valence-corrected chi connectivity index (χ4v) is 3.80. The lowest BCUT2D eigenvalue weighted by atomic mass is 10.1. The van der Waals surface area contributed by atoms with Crippen molar-refractivity contribution in [3.05, 3.63) is 90.5 Å². The molecular weight excluding hydrogens is 434 g/mol. The molecule has 33 heavy (non-hydrogen) atoms. The minimum atomic E-state index is -0.325. The Hall–Kier alpha value is -4.30. The summed E-state index contributed by atoms with van der Waals surface area (Å²) < 4.78 is 5.16. The van der Waals surface area contributed by atoms with Crippen molar-refractivity contribution in [2.24, 2.45) is 0 Å². The number of hydrogen-bond acceptors (Lipinski definition) is 5. The highest BCUT2D eigenvalue weighted by molar-refractivity contribution is 7.80. The predicted octanol–water partition coefficient (Wildman–Crippen LogP) is 4.71. The van der Waals surface area contributed by atoms with Gasteiger partial charge < -0.3 is 10.1 Å². The number of anilines is 1. The first-order valence-corrected chi connectivity index (χ1v) is 10.6. The summed E-state index contributed by atoms with van der Waals surface area (Å²) in [7, 11) is 1.55. The van der Waals surface area contributed by atoms with Crippen LogP contribution in [0.15, 0.2) is 84.9 Å². The Balaban J connectivity index is 1.35. The largest absolute Gasteiger partial charge is 0.497 e. The molecule has 7 nitrogen and oxygen atoms in total. The van der Waals surface area contributed by atoms with Crippen LogP contribution in [-0.4, -0.2) is 33.1 Å². The zero-order valence-electron chi connectivity index (χ0n) is 17.6. The molecule has 0 saturated heterocycles. The van der Waals surface area contributed by atoms with Crippen LogP contribution in [0.4, 0.5) is 5.69 Å². The molecule has 1 heterocycles. The Kier molecular flexibility index (Phi) is 5.42. The summed E-state index contributed by atoms with van der Waals surface area (Å²) in [5.41, 5.74) is 3.50. The van der Waals surface area contributed by atoms with Gasteiger partial charge in [-0.2, -0.15) is 0 Å². The van der Waals surface area contributed by atoms with Gasteiger partial charge >= 0.3 is 0 Å². The molecule has 4 aromatic carbocycles. The second kappa shape index (κ2) is 8.68.